The Bertz CT molecular complexity index is 705. The second-order valence-electron chi connectivity index (χ2n) is 4.29. The van der Waals surface area contributed by atoms with E-state index in [1.165, 1.54) is 6.26 Å². The SMILES string of the molecule is CCOc1cc(NC(=O)NOC#N)ccc1-n1cnc(C)c1. The van der Waals surface area contributed by atoms with E-state index in [4.69, 9.17) is 10.00 Å². The fraction of sp³-hybridized carbons (Fsp3) is 0.214. The van der Waals surface area contributed by atoms with Crippen molar-refractivity contribution in [3.8, 4) is 17.7 Å². The van der Waals surface area contributed by atoms with E-state index < -0.39 is 6.03 Å². The second-order valence-corrected chi connectivity index (χ2v) is 4.29. The molecule has 0 saturated heterocycles. The Kier molecular flexibility index (Phi) is 4.82. The van der Waals surface area contributed by atoms with E-state index >= 15 is 0 Å². The summed E-state index contributed by atoms with van der Waals surface area (Å²) in [5.74, 6) is 0.596. The lowest BCUT2D eigenvalue weighted by atomic mass is 10.2. The van der Waals surface area contributed by atoms with Gasteiger partial charge in [0.25, 0.3) is 0 Å². The summed E-state index contributed by atoms with van der Waals surface area (Å²) in [6.45, 7) is 4.25. The van der Waals surface area contributed by atoms with Crippen LogP contribution in [0.1, 0.15) is 12.6 Å². The van der Waals surface area contributed by atoms with E-state index in [1.807, 2.05) is 30.1 Å². The maximum absolute atomic E-state index is 11.4. The summed E-state index contributed by atoms with van der Waals surface area (Å²) in [5, 5.41) is 10.7. The lowest BCUT2D eigenvalue weighted by Crippen LogP contribution is -2.27. The number of aryl methyl sites for hydroxylation is 1. The highest BCUT2D eigenvalue weighted by atomic mass is 16.6. The third kappa shape index (κ3) is 3.67. The van der Waals surface area contributed by atoms with E-state index in [9.17, 15) is 4.79 Å². The van der Waals surface area contributed by atoms with Crippen LogP contribution in [-0.4, -0.2) is 22.2 Å². The Morgan fingerprint density at radius 3 is 2.95 bits per heavy atom. The first-order valence-electron chi connectivity index (χ1n) is 6.53. The predicted octanol–water partition coefficient (Wildman–Crippen LogP) is 2.11. The molecular formula is C14H15N5O3. The number of amides is 2. The molecule has 2 rings (SSSR count). The van der Waals surface area contributed by atoms with Crippen LogP contribution < -0.4 is 15.5 Å². The summed E-state index contributed by atoms with van der Waals surface area (Å²) in [7, 11) is 0. The Balaban J connectivity index is 2.23. The monoisotopic (exact) mass is 301 g/mol. The van der Waals surface area contributed by atoms with Gasteiger partial charge in [-0.2, -0.15) is 5.48 Å². The summed E-state index contributed by atoms with van der Waals surface area (Å²) in [6, 6.07) is 4.53. The van der Waals surface area contributed by atoms with Crippen molar-refractivity contribution in [2.24, 2.45) is 0 Å². The minimum atomic E-state index is -0.657. The van der Waals surface area contributed by atoms with Crippen LogP contribution in [0.5, 0.6) is 5.75 Å². The Morgan fingerprint density at radius 1 is 1.50 bits per heavy atom. The molecule has 114 valence electrons. The molecule has 1 aromatic heterocycles. The summed E-state index contributed by atoms with van der Waals surface area (Å²) >= 11 is 0. The molecular weight excluding hydrogens is 286 g/mol. The topological polar surface area (TPSA) is 101 Å². The molecule has 0 aliphatic carbocycles. The van der Waals surface area contributed by atoms with E-state index in [-0.39, 0.29) is 0 Å². The number of aromatic nitrogens is 2. The van der Waals surface area contributed by atoms with Gasteiger partial charge < -0.3 is 14.6 Å². The number of urea groups is 1. The largest absolute Gasteiger partial charge is 0.492 e. The number of hydrogen-bond donors (Lipinski definition) is 2. The molecule has 22 heavy (non-hydrogen) atoms. The number of carbonyl (C=O) groups is 1. The molecule has 0 fully saturated rings. The van der Waals surface area contributed by atoms with Gasteiger partial charge in [0, 0.05) is 18.0 Å². The lowest BCUT2D eigenvalue weighted by molar-refractivity contribution is 0.162. The first kappa shape index (κ1) is 15.2. The Morgan fingerprint density at radius 2 is 2.32 bits per heavy atom. The van der Waals surface area contributed by atoms with E-state index in [1.54, 1.807) is 24.5 Å². The number of nitrogens with one attached hydrogen (secondary N) is 2. The van der Waals surface area contributed by atoms with Crippen molar-refractivity contribution in [1.82, 2.24) is 15.0 Å². The normalized spacial score (nSPS) is 9.68. The van der Waals surface area contributed by atoms with Crippen molar-refractivity contribution in [1.29, 1.82) is 5.26 Å². The molecule has 1 aromatic carbocycles. The van der Waals surface area contributed by atoms with Gasteiger partial charge in [-0.05, 0) is 26.0 Å². The molecule has 0 unspecified atom stereocenters. The predicted molar refractivity (Wildman–Crippen MR) is 78.3 cm³/mol. The summed E-state index contributed by atoms with van der Waals surface area (Å²) in [6.07, 6.45) is 4.90. The number of rotatable bonds is 5. The molecule has 0 atom stereocenters. The first-order chi connectivity index (χ1) is 10.6. The molecule has 8 nitrogen and oxygen atoms in total. The van der Waals surface area contributed by atoms with Crippen LogP contribution in [0.3, 0.4) is 0 Å². The zero-order valence-electron chi connectivity index (χ0n) is 12.2. The molecule has 0 aliphatic heterocycles. The number of imidazole rings is 1. The average molecular weight is 301 g/mol. The fourth-order valence-corrected chi connectivity index (χ4v) is 1.86. The van der Waals surface area contributed by atoms with Gasteiger partial charge in [0.05, 0.1) is 24.3 Å². The molecule has 0 aliphatic rings. The summed E-state index contributed by atoms with van der Waals surface area (Å²) < 4.78 is 7.44. The van der Waals surface area contributed by atoms with E-state index in [2.05, 4.69) is 15.1 Å². The third-order valence-corrected chi connectivity index (χ3v) is 2.70. The lowest BCUT2D eigenvalue weighted by Gasteiger charge is -2.13. The summed E-state index contributed by atoms with van der Waals surface area (Å²) in [5.41, 5.74) is 4.11. The van der Waals surface area contributed by atoms with Crippen molar-refractivity contribution >= 4 is 11.7 Å². The van der Waals surface area contributed by atoms with Crippen molar-refractivity contribution in [2.45, 2.75) is 13.8 Å². The zero-order valence-corrected chi connectivity index (χ0v) is 12.2. The molecule has 2 amide bonds. The minimum Gasteiger partial charge on any atom is -0.492 e. The molecule has 0 saturated carbocycles. The number of anilines is 1. The summed E-state index contributed by atoms with van der Waals surface area (Å²) in [4.78, 5) is 19.8. The number of nitriles is 1. The van der Waals surface area contributed by atoms with Gasteiger partial charge >= 0.3 is 12.3 Å². The number of benzene rings is 1. The van der Waals surface area contributed by atoms with E-state index in [0.29, 0.717) is 18.0 Å². The highest BCUT2D eigenvalue weighted by Crippen LogP contribution is 2.27. The number of carbonyl (C=O) groups excluding carboxylic acids is 1. The first-order valence-corrected chi connectivity index (χ1v) is 6.53. The van der Waals surface area contributed by atoms with Crippen molar-refractivity contribution in [3.63, 3.8) is 0 Å². The molecule has 0 radical (unpaired) electrons. The maximum Gasteiger partial charge on any atom is 0.353 e. The van der Waals surface area contributed by atoms with Crippen LogP contribution in [0.15, 0.2) is 30.7 Å². The van der Waals surface area contributed by atoms with Gasteiger partial charge in [0.2, 0.25) is 0 Å². The molecule has 2 N–H and O–H groups in total. The highest BCUT2D eigenvalue weighted by Gasteiger charge is 2.09. The van der Waals surface area contributed by atoms with Crippen molar-refractivity contribution < 1.29 is 14.4 Å². The molecule has 8 heteroatoms. The molecule has 2 aromatic rings. The van der Waals surface area contributed by atoms with Gasteiger partial charge in [-0.25, -0.2) is 9.78 Å². The number of ether oxygens (including phenoxy) is 1. The van der Waals surface area contributed by atoms with Crippen molar-refractivity contribution in [3.05, 3.63) is 36.4 Å². The second kappa shape index (κ2) is 6.99. The molecule has 1 heterocycles. The smallest absolute Gasteiger partial charge is 0.353 e. The van der Waals surface area contributed by atoms with Crippen LogP contribution in [0, 0.1) is 18.4 Å². The van der Waals surface area contributed by atoms with Gasteiger partial charge in [0.15, 0.2) is 0 Å². The van der Waals surface area contributed by atoms with E-state index in [0.717, 1.165) is 11.4 Å². The van der Waals surface area contributed by atoms with Crippen LogP contribution in [-0.2, 0) is 4.84 Å². The van der Waals surface area contributed by atoms with Crippen LogP contribution >= 0.6 is 0 Å². The Hall–Kier alpha value is -3.21. The standard InChI is InChI=1S/C14H15N5O3/c1-3-21-13-6-11(17-14(20)18-22-8-15)4-5-12(13)19-7-10(2)16-9-19/h4-7,9H,3H2,1-2H3,(H2,17,18,20). The molecule has 0 bridgehead atoms. The van der Waals surface area contributed by atoms with Crippen molar-refractivity contribution in [2.75, 3.05) is 11.9 Å². The number of hydrogen-bond acceptors (Lipinski definition) is 5. The van der Waals surface area contributed by atoms with Crippen LogP contribution in [0.2, 0.25) is 0 Å². The zero-order chi connectivity index (χ0) is 15.9. The maximum atomic E-state index is 11.4. The molecule has 0 spiro atoms. The minimum absolute atomic E-state index is 0.480. The van der Waals surface area contributed by atoms with Gasteiger partial charge in [-0.15, -0.1) is 5.26 Å². The average Bonchev–Trinajstić information content (AvgIpc) is 2.92. The van der Waals surface area contributed by atoms with Crippen LogP contribution in [0.4, 0.5) is 10.5 Å². The van der Waals surface area contributed by atoms with Gasteiger partial charge in [0.1, 0.15) is 5.75 Å². The van der Waals surface area contributed by atoms with Gasteiger partial charge in [-0.1, -0.05) is 0 Å². The fourth-order valence-electron chi connectivity index (χ4n) is 1.86. The van der Waals surface area contributed by atoms with Crippen LogP contribution in [0.25, 0.3) is 5.69 Å². The number of nitrogens with zero attached hydrogens (tertiary/aromatic N) is 3. The number of hydroxylamine groups is 1. The highest BCUT2D eigenvalue weighted by molar-refractivity contribution is 5.89. The Labute approximate surface area is 127 Å². The van der Waals surface area contributed by atoms with Gasteiger partial charge in [-0.3, -0.25) is 4.84 Å². The quantitative estimate of drug-likeness (QED) is 0.650. The third-order valence-electron chi connectivity index (χ3n) is 2.70.